The number of unbranched alkanes of at least 4 members (excludes halogenated alkanes) is 10. The summed E-state index contributed by atoms with van der Waals surface area (Å²) in [5, 5.41) is 5.48. The third-order valence-corrected chi connectivity index (χ3v) is 13.3. The lowest BCUT2D eigenvalue weighted by molar-refractivity contribution is 0.607. The zero-order valence-electron chi connectivity index (χ0n) is 38.4. The molecule has 1 nitrogen and oxygen atoms in total. The number of aryl methyl sites for hydroxylation is 4. The Kier molecular flexibility index (Phi) is 14.9. The number of hydrogen-bond acceptors (Lipinski definition) is 1. The summed E-state index contributed by atoms with van der Waals surface area (Å²) in [7, 11) is 0. The highest BCUT2D eigenvalue weighted by atomic mass is 15.1. The molecule has 0 N–H and O–H groups in total. The number of nitrogens with zero attached hydrogens (tertiary/aromatic N) is 1. The van der Waals surface area contributed by atoms with E-state index in [0.29, 0.717) is 0 Å². The van der Waals surface area contributed by atoms with Crippen molar-refractivity contribution in [3.05, 3.63) is 186 Å². The summed E-state index contributed by atoms with van der Waals surface area (Å²) in [6.07, 6.45) is 17.8. The van der Waals surface area contributed by atoms with Crippen LogP contribution < -0.4 is 4.90 Å². The Labute approximate surface area is 378 Å². The first-order chi connectivity index (χ1) is 31.0. The highest BCUT2D eigenvalue weighted by Gasteiger charge is 2.21. The number of benzene rings is 8. The van der Waals surface area contributed by atoms with E-state index < -0.39 is 0 Å². The van der Waals surface area contributed by atoms with E-state index in [9.17, 15) is 0 Å². The van der Waals surface area contributed by atoms with E-state index in [0.717, 1.165) is 29.9 Å². The van der Waals surface area contributed by atoms with Crippen molar-refractivity contribution in [2.24, 2.45) is 0 Å². The van der Waals surface area contributed by atoms with Gasteiger partial charge in [0.1, 0.15) is 0 Å². The topological polar surface area (TPSA) is 3.24 Å². The molecule has 8 rings (SSSR count). The maximum absolute atomic E-state index is 2.59. The molecular formula is C62H67N. The van der Waals surface area contributed by atoms with E-state index in [1.807, 2.05) is 0 Å². The molecule has 0 amide bonds. The van der Waals surface area contributed by atoms with E-state index in [4.69, 9.17) is 0 Å². The number of hydrogen-bond donors (Lipinski definition) is 0. The van der Waals surface area contributed by atoms with Gasteiger partial charge in [0, 0.05) is 17.1 Å². The van der Waals surface area contributed by atoms with Crippen LogP contribution in [-0.2, 0) is 12.8 Å². The first kappa shape index (κ1) is 43.7. The maximum atomic E-state index is 2.59. The first-order valence-corrected chi connectivity index (χ1v) is 24.2. The van der Waals surface area contributed by atoms with Gasteiger partial charge in [-0.05, 0) is 154 Å². The minimum Gasteiger partial charge on any atom is -0.311 e. The summed E-state index contributed by atoms with van der Waals surface area (Å²) in [5.41, 5.74) is 17.1. The lowest BCUT2D eigenvalue weighted by Gasteiger charge is -2.26. The molecule has 0 saturated carbocycles. The van der Waals surface area contributed by atoms with Gasteiger partial charge in [-0.1, -0.05) is 205 Å². The van der Waals surface area contributed by atoms with Crippen LogP contribution in [0.15, 0.2) is 164 Å². The Balaban J connectivity index is 1.23. The highest BCUT2D eigenvalue weighted by Crippen LogP contribution is 2.45. The SMILES string of the molecule is CCCCCCCCc1cc(C)c2ccccc2c1-c1c(CCCCCCCC)cc(-c2ccc(N(c3ccc(C)cc3)c3ccc(-c4ccccc4)cc3)cc2)c2ccccc12. The molecule has 63 heavy (non-hydrogen) atoms. The highest BCUT2D eigenvalue weighted by molar-refractivity contribution is 6.12. The predicted octanol–water partition coefficient (Wildman–Crippen LogP) is 18.9. The zero-order valence-corrected chi connectivity index (χ0v) is 38.4. The number of anilines is 3. The molecular weight excluding hydrogens is 759 g/mol. The Hall–Kier alpha value is -5.92. The van der Waals surface area contributed by atoms with Crippen LogP contribution in [0.4, 0.5) is 17.1 Å². The van der Waals surface area contributed by atoms with Crippen LogP contribution in [0.25, 0.3) is 54.9 Å². The van der Waals surface area contributed by atoms with Crippen molar-refractivity contribution in [1.29, 1.82) is 0 Å². The number of rotatable bonds is 20. The Morgan fingerprint density at radius 1 is 0.349 bits per heavy atom. The molecule has 0 fully saturated rings. The Morgan fingerprint density at radius 2 is 0.762 bits per heavy atom. The number of fused-ring (bicyclic) bond motifs is 2. The van der Waals surface area contributed by atoms with Crippen LogP contribution >= 0.6 is 0 Å². The largest absolute Gasteiger partial charge is 0.311 e. The van der Waals surface area contributed by atoms with Gasteiger partial charge in [0.2, 0.25) is 0 Å². The van der Waals surface area contributed by atoms with Crippen LogP contribution in [0.2, 0.25) is 0 Å². The molecule has 0 aliphatic rings. The molecule has 0 spiro atoms. The lowest BCUT2D eigenvalue weighted by atomic mass is 9.81. The summed E-state index contributed by atoms with van der Waals surface area (Å²) < 4.78 is 0. The van der Waals surface area contributed by atoms with E-state index >= 15 is 0 Å². The normalized spacial score (nSPS) is 11.4. The van der Waals surface area contributed by atoms with Gasteiger partial charge in [-0.25, -0.2) is 0 Å². The molecule has 1 heteroatoms. The average Bonchev–Trinajstić information content (AvgIpc) is 3.33. The lowest BCUT2D eigenvalue weighted by Crippen LogP contribution is -2.09. The van der Waals surface area contributed by atoms with Gasteiger partial charge in [-0.15, -0.1) is 0 Å². The van der Waals surface area contributed by atoms with Gasteiger partial charge in [0.15, 0.2) is 0 Å². The smallest absolute Gasteiger partial charge is 0.0462 e. The molecule has 0 saturated heterocycles. The monoisotopic (exact) mass is 826 g/mol. The molecule has 0 unspecified atom stereocenters. The van der Waals surface area contributed by atoms with E-state index in [1.165, 1.54) is 154 Å². The van der Waals surface area contributed by atoms with Crippen molar-refractivity contribution in [2.45, 2.75) is 118 Å². The quantitative estimate of drug-likeness (QED) is 0.0692. The fourth-order valence-corrected chi connectivity index (χ4v) is 9.84. The van der Waals surface area contributed by atoms with E-state index in [1.54, 1.807) is 0 Å². The van der Waals surface area contributed by atoms with E-state index in [-0.39, 0.29) is 0 Å². The molecule has 320 valence electrons. The van der Waals surface area contributed by atoms with Gasteiger partial charge in [0.25, 0.3) is 0 Å². The molecule has 0 radical (unpaired) electrons. The average molecular weight is 826 g/mol. The Morgan fingerprint density at radius 3 is 1.32 bits per heavy atom. The van der Waals surface area contributed by atoms with Crippen molar-refractivity contribution in [3.63, 3.8) is 0 Å². The summed E-state index contributed by atoms with van der Waals surface area (Å²) in [5.74, 6) is 0. The second-order valence-corrected chi connectivity index (χ2v) is 17.9. The van der Waals surface area contributed by atoms with E-state index in [2.05, 4.69) is 196 Å². The third kappa shape index (κ3) is 10.3. The van der Waals surface area contributed by atoms with Crippen molar-refractivity contribution >= 4 is 38.6 Å². The molecule has 0 heterocycles. The van der Waals surface area contributed by atoms with Crippen LogP contribution in [0.1, 0.15) is 113 Å². The minimum atomic E-state index is 1.08. The summed E-state index contributed by atoms with van der Waals surface area (Å²) >= 11 is 0. The molecule has 0 bridgehead atoms. The van der Waals surface area contributed by atoms with Crippen LogP contribution in [0.5, 0.6) is 0 Å². The second-order valence-electron chi connectivity index (χ2n) is 17.9. The fraction of sp³-hybridized carbons (Fsp3) is 0.290. The fourth-order valence-electron chi connectivity index (χ4n) is 9.84. The van der Waals surface area contributed by atoms with Crippen molar-refractivity contribution in [2.75, 3.05) is 4.90 Å². The molecule has 0 aromatic heterocycles. The van der Waals surface area contributed by atoms with Crippen LogP contribution in [0, 0.1) is 13.8 Å². The van der Waals surface area contributed by atoms with Gasteiger partial charge in [-0.3, -0.25) is 0 Å². The summed E-state index contributed by atoms with van der Waals surface area (Å²) in [6, 6.07) is 61.5. The second kappa shape index (κ2) is 21.4. The van der Waals surface area contributed by atoms with Crippen LogP contribution in [-0.4, -0.2) is 0 Å². The standard InChI is InChI=1S/C62H67N/c1-5-7-9-11-13-16-26-51-44-47(4)56-28-20-22-30-58(56)61(51)62-52(27-17-14-12-10-8-6-2)45-60(57-29-21-23-31-59(57)62)50-36-42-55(43-37-50)63(53-38-32-46(3)33-39-53)54-40-34-49(35-41-54)48-24-18-15-19-25-48/h15,18-25,28-45H,5-14,16-17,26-27H2,1-4H3. The summed E-state index contributed by atoms with van der Waals surface area (Å²) in [6.45, 7) is 9.10. The molecule has 8 aromatic rings. The van der Waals surface area contributed by atoms with Gasteiger partial charge in [-0.2, -0.15) is 0 Å². The van der Waals surface area contributed by atoms with Gasteiger partial charge >= 0.3 is 0 Å². The van der Waals surface area contributed by atoms with Crippen molar-refractivity contribution in [3.8, 4) is 33.4 Å². The molecule has 8 aromatic carbocycles. The maximum Gasteiger partial charge on any atom is 0.0462 e. The van der Waals surface area contributed by atoms with Crippen LogP contribution in [0.3, 0.4) is 0 Å². The predicted molar refractivity (Wildman–Crippen MR) is 276 cm³/mol. The van der Waals surface area contributed by atoms with Gasteiger partial charge in [0.05, 0.1) is 0 Å². The van der Waals surface area contributed by atoms with Gasteiger partial charge < -0.3 is 4.90 Å². The minimum absolute atomic E-state index is 1.08. The van der Waals surface area contributed by atoms with Crippen molar-refractivity contribution < 1.29 is 0 Å². The molecule has 0 aliphatic heterocycles. The molecule has 0 atom stereocenters. The Bertz CT molecular complexity index is 2690. The van der Waals surface area contributed by atoms with Crippen molar-refractivity contribution in [1.82, 2.24) is 0 Å². The zero-order chi connectivity index (χ0) is 43.4. The third-order valence-electron chi connectivity index (χ3n) is 13.3. The first-order valence-electron chi connectivity index (χ1n) is 24.2. The molecule has 0 aliphatic carbocycles. The summed E-state index contributed by atoms with van der Waals surface area (Å²) in [4.78, 5) is 2.39.